The molecule has 0 saturated heterocycles. The maximum absolute atomic E-state index is 12.0. The molecule has 0 aliphatic rings. The van der Waals surface area contributed by atoms with Gasteiger partial charge in [-0.1, -0.05) is 0 Å². The van der Waals surface area contributed by atoms with E-state index in [1.54, 1.807) is 0 Å². The molecule has 0 amide bonds. The largest absolute Gasteiger partial charge is 0.481 e. The number of aliphatic hydroxyl groups excluding tert-OH is 1. The van der Waals surface area contributed by atoms with Crippen molar-refractivity contribution in [2.45, 2.75) is 32.0 Å². The first kappa shape index (κ1) is 12.2. The SMILES string of the molecule is CC(F)(F)OCC(O)CCC(=O)O. The van der Waals surface area contributed by atoms with Gasteiger partial charge < -0.3 is 14.9 Å². The van der Waals surface area contributed by atoms with Crippen LogP contribution in [0.3, 0.4) is 0 Å². The highest BCUT2D eigenvalue weighted by Gasteiger charge is 2.23. The molecule has 0 spiro atoms. The monoisotopic (exact) mass is 198 g/mol. The zero-order chi connectivity index (χ0) is 10.5. The van der Waals surface area contributed by atoms with Crippen LogP contribution in [-0.4, -0.2) is 35.0 Å². The number of rotatable bonds is 6. The summed E-state index contributed by atoms with van der Waals surface area (Å²) in [7, 11) is 0. The summed E-state index contributed by atoms with van der Waals surface area (Å²) in [5.74, 6) is -1.08. The highest BCUT2D eigenvalue weighted by Crippen LogP contribution is 2.14. The van der Waals surface area contributed by atoms with Crippen LogP contribution in [0.1, 0.15) is 19.8 Å². The van der Waals surface area contributed by atoms with Crippen LogP contribution < -0.4 is 0 Å². The van der Waals surface area contributed by atoms with Gasteiger partial charge in [-0.15, -0.1) is 0 Å². The number of carboxylic acids is 1. The molecule has 6 heteroatoms. The fraction of sp³-hybridized carbons (Fsp3) is 0.857. The summed E-state index contributed by atoms with van der Waals surface area (Å²) in [4.78, 5) is 10.0. The summed E-state index contributed by atoms with van der Waals surface area (Å²) < 4.78 is 28.0. The number of carboxylic acid groups (broad SMARTS) is 1. The third kappa shape index (κ3) is 9.16. The van der Waals surface area contributed by atoms with Crippen LogP contribution in [0.2, 0.25) is 0 Å². The van der Waals surface area contributed by atoms with Crippen molar-refractivity contribution < 1.29 is 28.5 Å². The minimum absolute atomic E-state index is 0.0919. The average molecular weight is 198 g/mol. The number of hydrogen-bond donors (Lipinski definition) is 2. The van der Waals surface area contributed by atoms with Crippen molar-refractivity contribution in [3.8, 4) is 0 Å². The number of hydrogen-bond acceptors (Lipinski definition) is 3. The van der Waals surface area contributed by atoms with E-state index in [-0.39, 0.29) is 12.8 Å². The summed E-state index contributed by atoms with van der Waals surface area (Å²) in [6, 6.07) is 0. The first-order valence-corrected chi connectivity index (χ1v) is 3.73. The lowest BCUT2D eigenvalue weighted by Crippen LogP contribution is -2.24. The fourth-order valence-electron chi connectivity index (χ4n) is 0.616. The first-order valence-electron chi connectivity index (χ1n) is 3.73. The second-order valence-electron chi connectivity index (χ2n) is 2.71. The number of ether oxygens (including phenoxy) is 1. The van der Waals surface area contributed by atoms with Gasteiger partial charge in [0.05, 0.1) is 12.7 Å². The van der Waals surface area contributed by atoms with Crippen molar-refractivity contribution in [3.05, 3.63) is 0 Å². The van der Waals surface area contributed by atoms with Gasteiger partial charge in [-0.2, -0.15) is 8.78 Å². The van der Waals surface area contributed by atoms with Crippen LogP contribution in [0.25, 0.3) is 0 Å². The molecule has 0 aliphatic carbocycles. The molecule has 0 saturated carbocycles. The summed E-state index contributed by atoms with van der Waals surface area (Å²) in [6.07, 6.45) is -4.81. The molecule has 0 rings (SSSR count). The zero-order valence-corrected chi connectivity index (χ0v) is 7.17. The molecule has 13 heavy (non-hydrogen) atoms. The molecule has 0 radical (unpaired) electrons. The Balaban J connectivity index is 3.52. The van der Waals surface area contributed by atoms with Gasteiger partial charge in [0, 0.05) is 13.3 Å². The van der Waals surface area contributed by atoms with E-state index in [0.717, 1.165) is 0 Å². The Hall–Kier alpha value is -0.750. The summed E-state index contributed by atoms with van der Waals surface area (Å²) >= 11 is 0. The molecule has 0 heterocycles. The standard InChI is InChI=1S/C7H12F2O4/c1-7(8,9)13-4-5(10)2-3-6(11)12/h5,10H,2-4H2,1H3,(H,11,12). The Kier molecular flexibility index (Phi) is 4.79. The van der Waals surface area contributed by atoms with Gasteiger partial charge in [-0.25, -0.2) is 0 Å². The summed E-state index contributed by atoms with van der Waals surface area (Å²) in [6.45, 7) is -0.00625. The maximum Gasteiger partial charge on any atom is 0.353 e. The zero-order valence-electron chi connectivity index (χ0n) is 7.17. The lowest BCUT2D eigenvalue weighted by atomic mass is 10.2. The van der Waals surface area contributed by atoms with Gasteiger partial charge in [0.1, 0.15) is 0 Å². The smallest absolute Gasteiger partial charge is 0.353 e. The first-order chi connectivity index (χ1) is 5.81. The molecule has 78 valence electrons. The third-order valence-electron chi connectivity index (χ3n) is 1.22. The quantitative estimate of drug-likeness (QED) is 0.663. The molecular formula is C7H12F2O4. The van der Waals surface area contributed by atoms with E-state index in [2.05, 4.69) is 4.74 Å². The highest BCUT2D eigenvalue weighted by molar-refractivity contribution is 5.66. The predicted octanol–water partition coefficient (Wildman–Crippen LogP) is 0.841. The molecule has 1 unspecified atom stereocenters. The Morgan fingerprint density at radius 2 is 2.15 bits per heavy atom. The number of alkyl halides is 2. The fourth-order valence-corrected chi connectivity index (χ4v) is 0.616. The third-order valence-corrected chi connectivity index (χ3v) is 1.22. The van der Waals surface area contributed by atoms with Crippen molar-refractivity contribution in [1.82, 2.24) is 0 Å². The maximum atomic E-state index is 12.0. The van der Waals surface area contributed by atoms with Crippen LogP contribution in [0, 0.1) is 0 Å². The molecular weight excluding hydrogens is 186 g/mol. The molecule has 0 bridgehead atoms. The van der Waals surface area contributed by atoms with E-state index >= 15 is 0 Å². The molecule has 0 aromatic heterocycles. The van der Waals surface area contributed by atoms with Gasteiger partial charge in [-0.05, 0) is 6.42 Å². The van der Waals surface area contributed by atoms with Gasteiger partial charge in [0.2, 0.25) is 0 Å². The molecule has 4 nitrogen and oxygen atoms in total. The second-order valence-corrected chi connectivity index (χ2v) is 2.71. The van der Waals surface area contributed by atoms with Crippen molar-refractivity contribution >= 4 is 5.97 Å². The molecule has 0 aliphatic heterocycles. The molecule has 2 N–H and O–H groups in total. The lowest BCUT2D eigenvalue weighted by Gasteiger charge is -2.14. The van der Waals surface area contributed by atoms with Crippen molar-refractivity contribution in [1.29, 1.82) is 0 Å². The van der Waals surface area contributed by atoms with Gasteiger partial charge in [0.25, 0.3) is 0 Å². The Morgan fingerprint density at radius 3 is 2.54 bits per heavy atom. The van der Waals surface area contributed by atoms with Crippen molar-refractivity contribution in [2.24, 2.45) is 0 Å². The number of aliphatic carboxylic acids is 1. The van der Waals surface area contributed by atoms with Crippen molar-refractivity contribution in [2.75, 3.05) is 6.61 Å². The van der Waals surface area contributed by atoms with Gasteiger partial charge in [-0.3, -0.25) is 4.79 Å². The van der Waals surface area contributed by atoms with E-state index in [9.17, 15) is 13.6 Å². The minimum atomic E-state index is -3.29. The van der Waals surface area contributed by atoms with Crippen LogP contribution >= 0.6 is 0 Å². The van der Waals surface area contributed by atoms with E-state index in [1.807, 2.05) is 0 Å². The summed E-state index contributed by atoms with van der Waals surface area (Å²) in [5.41, 5.74) is 0. The minimum Gasteiger partial charge on any atom is -0.481 e. The summed E-state index contributed by atoms with van der Waals surface area (Å²) in [5, 5.41) is 17.1. The number of halogens is 2. The average Bonchev–Trinajstić information content (AvgIpc) is 1.95. The molecule has 0 aromatic rings. The lowest BCUT2D eigenvalue weighted by molar-refractivity contribution is -0.235. The molecule has 0 aromatic carbocycles. The number of carbonyl (C=O) groups is 1. The number of aliphatic hydroxyl groups is 1. The van der Waals surface area contributed by atoms with Crippen LogP contribution in [0.4, 0.5) is 8.78 Å². The van der Waals surface area contributed by atoms with E-state index in [4.69, 9.17) is 10.2 Å². The van der Waals surface area contributed by atoms with E-state index < -0.39 is 24.8 Å². The topological polar surface area (TPSA) is 66.8 Å². The Morgan fingerprint density at radius 1 is 1.62 bits per heavy atom. The van der Waals surface area contributed by atoms with E-state index in [1.165, 1.54) is 0 Å². The highest BCUT2D eigenvalue weighted by atomic mass is 19.3. The normalized spacial score (nSPS) is 14.2. The molecule has 0 fully saturated rings. The Labute approximate surface area is 74.1 Å². The van der Waals surface area contributed by atoms with Gasteiger partial charge in [0.15, 0.2) is 0 Å². The van der Waals surface area contributed by atoms with Crippen LogP contribution in [-0.2, 0) is 9.53 Å². The molecule has 1 atom stereocenters. The van der Waals surface area contributed by atoms with Crippen molar-refractivity contribution in [3.63, 3.8) is 0 Å². The Bertz CT molecular complexity index is 166. The predicted molar refractivity (Wildman–Crippen MR) is 39.4 cm³/mol. The van der Waals surface area contributed by atoms with E-state index in [0.29, 0.717) is 6.92 Å². The van der Waals surface area contributed by atoms with Crippen LogP contribution in [0.15, 0.2) is 0 Å². The second kappa shape index (κ2) is 5.08. The van der Waals surface area contributed by atoms with Crippen LogP contribution in [0.5, 0.6) is 0 Å². The van der Waals surface area contributed by atoms with Gasteiger partial charge >= 0.3 is 12.1 Å².